The summed E-state index contributed by atoms with van der Waals surface area (Å²) in [5, 5.41) is 0.952. The summed E-state index contributed by atoms with van der Waals surface area (Å²) < 4.78 is 0. The third-order valence-corrected chi connectivity index (χ3v) is 4.52. The van der Waals surface area contributed by atoms with Gasteiger partial charge in [-0.1, -0.05) is 28.4 Å². The molecule has 0 radical (unpaired) electrons. The Labute approximate surface area is 113 Å². The lowest BCUT2D eigenvalue weighted by Crippen LogP contribution is -2.32. The molecule has 17 heavy (non-hydrogen) atoms. The maximum Gasteiger partial charge on any atom is 0.0369 e. The summed E-state index contributed by atoms with van der Waals surface area (Å²) in [7, 11) is 0. The second kappa shape index (κ2) is 5.90. The first-order chi connectivity index (χ1) is 8.24. The standard InChI is InChI=1S/C15H22BrN/c1-3-17(11-13-5-4-6-13)15-8-7-14(10-16)12(2)9-15/h7-9,13H,3-6,10-11H2,1-2H3. The number of benzene rings is 1. The lowest BCUT2D eigenvalue weighted by Gasteiger charge is -2.33. The quantitative estimate of drug-likeness (QED) is 0.722. The van der Waals surface area contributed by atoms with Crippen LogP contribution in [0.2, 0.25) is 0 Å². The number of hydrogen-bond donors (Lipinski definition) is 0. The van der Waals surface area contributed by atoms with Gasteiger partial charge in [0.15, 0.2) is 0 Å². The maximum atomic E-state index is 3.53. The summed E-state index contributed by atoms with van der Waals surface area (Å²) in [6, 6.07) is 6.85. The molecule has 0 heterocycles. The zero-order valence-corrected chi connectivity index (χ0v) is 12.5. The topological polar surface area (TPSA) is 3.24 Å². The molecule has 1 aromatic carbocycles. The number of halogens is 1. The van der Waals surface area contributed by atoms with Crippen molar-refractivity contribution in [1.29, 1.82) is 0 Å². The fourth-order valence-electron chi connectivity index (χ4n) is 2.43. The number of rotatable bonds is 5. The van der Waals surface area contributed by atoms with Crippen LogP contribution in [0.1, 0.15) is 37.3 Å². The summed E-state index contributed by atoms with van der Waals surface area (Å²) in [4.78, 5) is 2.52. The van der Waals surface area contributed by atoms with Crippen LogP contribution in [0.5, 0.6) is 0 Å². The van der Waals surface area contributed by atoms with Crippen LogP contribution in [-0.2, 0) is 5.33 Å². The summed E-state index contributed by atoms with van der Waals surface area (Å²) in [6.07, 6.45) is 4.29. The van der Waals surface area contributed by atoms with Gasteiger partial charge in [0.1, 0.15) is 0 Å². The van der Waals surface area contributed by atoms with Gasteiger partial charge in [-0.15, -0.1) is 0 Å². The fraction of sp³-hybridized carbons (Fsp3) is 0.600. The largest absolute Gasteiger partial charge is 0.372 e. The van der Waals surface area contributed by atoms with Gasteiger partial charge in [0, 0.05) is 24.1 Å². The Hall–Kier alpha value is -0.500. The Morgan fingerprint density at radius 3 is 2.59 bits per heavy atom. The van der Waals surface area contributed by atoms with Crippen LogP contribution in [0.4, 0.5) is 5.69 Å². The monoisotopic (exact) mass is 295 g/mol. The normalized spacial score (nSPS) is 15.7. The first kappa shape index (κ1) is 12.9. The molecular weight excluding hydrogens is 274 g/mol. The Morgan fingerprint density at radius 1 is 1.35 bits per heavy atom. The van der Waals surface area contributed by atoms with Crippen LogP contribution in [0.25, 0.3) is 0 Å². The summed E-state index contributed by atoms with van der Waals surface area (Å²) in [5.74, 6) is 0.936. The highest BCUT2D eigenvalue weighted by molar-refractivity contribution is 9.08. The van der Waals surface area contributed by atoms with Crippen molar-refractivity contribution >= 4 is 21.6 Å². The molecular formula is C15H22BrN. The predicted octanol–water partition coefficient (Wildman–Crippen LogP) is 4.52. The minimum absolute atomic E-state index is 0.936. The van der Waals surface area contributed by atoms with E-state index in [0.29, 0.717) is 0 Å². The summed E-state index contributed by atoms with van der Waals surface area (Å²) in [6.45, 7) is 6.82. The number of alkyl halides is 1. The van der Waals surface area contributed by atoms with Crippen LogP contribution in [-0.4, -0.2) is 13.1 Å². The van der Waals surface area contributed by atoms with E-state index in [0.717, 1.165) is 17.8 Å². The van der Waals surface area contributed by atoms with E-state index in [4.69, 9.17) is 0 Å². The second-order valence-corrected chi connectivity index (χ2v) is 5.64. The van der Waals surface area contributed by atoms with E-state index < -0.39 is 0 Å². The van der Waals surface area contributed by atoms with Crippen molar-refractivity contribution in [3.8, 4) is 0 Å². The third kappa shape index (κ3) is 3.04. The number of anilines is 1. The molecule has 1 aliphatic carbocycles. The molecule has 2 rings (SSSR count). The number of hydrogen-bond acceptors (Lipinski definition) is 1. The molecule has 1 nitrogen and oxygen atoms in total. The predicted molar refractivity (Wildman–Crippen MR) is 79.0 cm³/mol. The Bertz CT molecular complexity index is 371. The van der Waals surface area contributed by atoms with E-state index in [1.807, 2.05) is 0 Å². The van der Waals surface area contributed by atoms with Crippen LogP contribution < -0.4 is 4.90 Å². The van der Waals surface area contributed by atoms with Crippen LogP contribution in [0.15, 0.2) is 18.2 Å². The van der Waals surface area contributed by atoms with Crippen molar-refractivity contribution in [3.63, 3.8) is 0 Å². The molecule has 0 amide bonds. The molecule has 0 aromatic heterocycles. The van der Waals surface area contributed by atoms with Gasteiger partial charge < -0.3 is 4.90 Å². The van der Waals surface area contributed by atoms with Gasteiger partial charge in [-0.3, -0.25) is 0 Å². The molecule has 1 aliphatic rings. The molecule has 94 valence electrons. The van der Waals surface area contributed by atoms with E-state index in [2.05, 4.69) is 52.9 Å². The highest BCUT2D eigenvalue weighted by atomic mass is 79.9. The SMILES string of the molecule is CCN(CC1CCC1)c1ccc(CBr)c(C)c1. The van der Waals surface area contributed by atoms with Gasteiger partial charge in [0.2, 0.25) is 0 Å². The van der Waals surface area contributed by atoms with E-state index in [9.17, 15) is 0 Å². The molecule has 2 heteroatoms. The van der Waals surface area contributed by atoms with E-state index in [-0.39, 0.29) is 0 Å². The van der Waals surface area contributed by atoms with Crippen molar-refractivity contribution in [2.24, 2.45) is 5.92 Å². The van der Waals surface area contributed by atoms with E-state index in [1.54, 1.807) is 0 Å². The number of aryl methyl sites for hydroxylation is 1. The van der Waals surface area contributed by atoms with Crippen LogP contribution >= 0.6 is 15.9 Å². The van der Waals surface area contributed by atoms with Crippen molar-refractivity contribution in [2.75, 3.05) is 18.0 Å². The van der Waals surface area contributed by atoms with Crippen molar-refractivity contribution < 1.29 is 0 Å². The second-order valence-electron chi connectivity index (χ2n) is 5.08. The summed E-state index contributed by atoms with van der Waals surface area (Å²) >= 11 is 3.53. The molecule has 1 aromatic rings. The minimum Gasteiger partial charge on any atom is -0.372 e. The van der Waals surface area contributed by atoms with Crippen LogP contribution in [0.3, 0.4) is 0 Å². The molecule has 0 bridgehead atoms. The molecule has 0 saturated heterocycles. The van der Waals surface area contributed by atoms with Crippen LogP contribution in [0, 0.1) is 12.8 Å². The Morgan fingerprint density at radius 2 is 2.12 bits per heavy atom. The van der Waals surface area contributed by atoms with Gasteiger partial charge in [0.05, 0.1) is 0 Å². The average molecular weight is 296 g/mol. The highest BCUT2D eigenvalue weighted by Gasteiger charge is 2.20. The van der Waals surface area contributed by atoms with E-state index in [1.165, 1.54) is 42.6 Å². The van der Waals surface area contributed by atoms with Gasteiger partial charge in [-0.05, 0) is 55.9 Å². The first-order valence-corrected chi connectivity index (χ1v) is 7.77. The number of nitrogens with zero attached hydrogens (tertiary/aromatic N) is 1. The molecule has 1 saturated carbocycles. The van der Waals surface area contributed by atoms with Crippen molar-refractivity contribution in [1.82, 2.24) is 0 Å². The molecule has 0 N–H and O–H groups in total. The molecule has 1 fully saturated rings. The van der Waals surface area contributed by atoms with E-state index >= 15 is 0 Å². The summed E-state index contributed by atoms with van der Waals surface area (Å²) in [5.41, 5.74) is 4.18. The zero-order valence-electron chi connectivity index (χ0n) is 10.9. The van der Waals surface area contributed by atoms with Crippen molar-refractivity contribution in [3.05, 3.63) is 29.3 Å². The average Bonchev–Trinajstić information content (AvgIpc) is 2.28. The molecule has 0 spiro atoms. The fourth-order valence-corrected chi connectivity index (χ4v) is 3.06. The minimum atomic E-state index is 0.936. The van der Waals surface area contributed by atoms with Crippen molar-refractivity contribution in [2.45, 2.75) is 38.4 Å². The van der Waals surface area contributed by atoms with Gasteiger partial charge in [0.25, 0.3) is 0 Å². The van der Waals surface area contributed by atoms with Gasteiger partial charge in [-0.25, -0.2) is 0 Å². The lowest BCUT2D eigenvalue weighted by molar-refractivity contribution is 0.318. The Balaban J connectivity index is 2.09. The highest BCUT2D eigenvalue weighted by Crippen LogP contribution is 2.29. The molecule has 0 unspecified atom stereocenters. The first-order valence-electron chi connectivity index (χ1n) is 6.65. The molecule has 0 aliphatic heterocycles. The van der Waals surface area contributed by atoms with Gasteiger partial charge in [-0.2, -0.15) is 0 Å². The third-order valence-electron chi connectivity index (χ3n) is 3.92. The smallest absolute Gasteiger partial charge is 0.0369 e. The molecule has 0 atom stereocenters. The maximum absolute atomic E-state index is 3.53. The lowest BCUT2D eigenvalue weighted by atomic mass is 9.85. The van der Waals surface area contributed by atoms with Gasteiger partial charge >= 0.3 is 0 Å². The Kier molecular flexibility index (Phi) is 4.49. The zero-order chi connectivity index (χ0) is 12.3.